The van der Waals surface area contributed by atoms with Gasteiger partial charge in [0.05, 0.1) is 12.2 Å². The minimum atomic E-state index is 0.0219. The van der Waals surface area contributed by atoms with Crippen molar-refractivity contribution in [2.75, 3.05) is 13.1 Å². The fraction of sp³-hybridized carbons (Fsp3) is 0.227. The molecule has 2 aromatic carbocycles. The average Bonchev–Trinajstić information content (AvgIpc) is 3.50. The van der Waals surface area contributed by atoms with E-state index in [0.29, 0.717) is 41.1 Å². The molecule has 0 N–H and O–H groups in total. The summed E-state index contributed by atoms with van der Waals surface area (Å²) in [6.45, 7) is 1.31. The Morgan fingerprint density at radius 2 is 1.77 bits per heavy atom. The Labute approximate surface area is 183 Å². The van der Waals surface area contributed by atoms with Crippen LogP contribution < -0.4 is 0 Å². The summed E-state index contributed by atoms with van der Waals surface area (Å²) in [4.78, 5) is 19.0. The van der Waals surface area contributed by atoms with E-state index in [1.807, 2.05) is 46.1 Å². The summed E-state index contributed by atoms with van der Waals surface area (Å²) in [6, 6.07) is 16.8. The largest absolute Gasteiger partial charge is 0.338 e. The Bertz CT molecular complexity index is 1180. The van der Waals surface area contributed by atoms with Crippen molar-refractivity contribution in [2.24, 2.45) is 0 Å². The molecule has 0 radical (unpaired) electrons. The predicted octanol–water partition coefficient (Wildman–Crippen LogP) is 4.13. The van der Waals surface area contributed by atoms with Crippen LogP contribution in [-0.4, -0.2) is 49.0 Å². The first kappa shape index (κ1) is 19.4. The summed E-state index contributed by atoms with van der Waals surface area (Å²) < 4.78 is 7.20. The molecule has 0 saturated carbocycles. The van der Waals surface area contributed by atoms with Crippen LogP contribution in [0.4, 0.5) is 0 Å². The fourth-order valence-electron chi connectivity index (χ4n) is 3.69. The molecule has 8 nitrogen and oxygen atoms in total. The van der Waals surface area contributed by atoms with Crippen molar-refractivity contribution in [3.05, 3.63) is 71.4 Å². The number of piperidine rings is 1. The van der Waals surface area contributed by atoms with Gasteiger partial charge in [-0.1, -0.05) is 52.3 Å². The highest BCUT2D eigenvalue weighted by molar-refractivity contribution is 6.30. The van der Waals surface area contributed by atoms with Crippen LogP contribution in [0.1, 0.15) is 29.2 Å². The lowest BCUT2D eigenvalue weighted by Crippen LogP contribution is -2.39. The van der Waals surface area contributed by atoms with Crippen LogP contribution >= 0.6 is 11.6 Å². The first-order valence-corrected chi connectivity index (χ1v) is 10.4. The maximum absolute atomic E-state index is 12.7. The zero-order valence-corrected chi connectivity index (χ0v) is 17.3. The van der Waals surface area contributed by atoms with Gasteiger partial charge < -0.3 is 9.42 Å². The lowest BCUT2D eigenvalue weighted by molar-refractivity contribution is 0.0689. The highest BCUT2D eigenvalue weighted by atomic mass is 35.5. The van der Waals surface area contributed by atoms with Gasteiger partial charge in [-0.2, -0.15) is 4.98 Å². The van der Waals surface area contributed by atoms with Gasteiger partial charge in [-0.25, -0.2) is 4.68 Å². The quantitative estimate of drug-likeness (QED) is 0.479. The molecule has 9 heteroatoms. The monoisotopic (exact) mass is 434 g/mol. The molecule has 0 bridgehead atoms. The van der Waals surface area contributed by atoms with Gasteiger partial charge in [-0.15, -0.1) is 5.10 Å². The average molecular weight is 435 g/mol. The summed E-state index contributed by atoms with van der Waals surface area (Å²) in [5, 5.41) is 13.1. The van der Waals surface area contributed by atoms with Gasteiger partial charge in [0.2, 0.25) is 5.82 Å². The number of halogens is 1. The van der Waals surface area contributed by atoms with Crippen LogP contribution in [-0.2, 0) is 0 Å². The normalized spacial score (nSPS) is 14.7. The van der Waals surface area contributed by atoms with Crippen LogP contribution in [0.25, 0.3) is 23.0 Å². The molecule has 0 unspecified atom stereocenters. The van der Waals surface area contributed by atoms with Crippen molar-refractivity contribution >= 4 is 17.5 Å². The molecule has 3 heterocycles. The van der Waals surface area contributed by atoms with Crippen LogP contribution in [0.2, 0.25) is 5.02 Å². The molecular formula is C22H19ClN6O2. The van der Waals surface area contributed by atoms with Crippen LogP contribution in [0.5, 0.6) is 0 Å². The van der Waals surface area contributed by atoms with Crippen molar-refractivity contribution in [1.82, 2.24) is 30.0 Å². The summed E-state index contributed by atoms with van der Waals surface area (Å²) >= 11 is 5.91. The number of nitrogens with zero attached hydrogens (tertiary/aromatic N) is 6. The van der Waals surface area contributed by atoms with Gasteiger partial charge in [-0.3, -0.25) is 4.79 Å². The number of carbonyl (C=O) groups is 1. The Balaban J connectivity index is 1.24. The number of amides is 1. The van der Waals surface area contributed by atoms with E-state index < -0.39 is 0 Å². The Morgan fingerprint density at radius 1 is 1.03 bits per heavy atom. The molecule has 1 aliphatic heterocycles. The van der Waals surface area contributed by atoms with Gasteiger partial charge in [0, 0.05) is 29.2 Å². The maximum atomic E-state index is 12.7. The smallest absolute Gasteiger partial charge is 0.280 e. The van der Waals surface area contributed by atoms with Gasteiger partial charge in [0.15, 0.2) is 5.69 Å². The molecule has 5 rings (SSSR count). The molecule has 1 amide bonds. The van der Waals surface area contributed by atoms with Gasteiger partial charge in [0.25, 0.3) is 11.8 Å². The van der Waals surface area contributed by atoms with E-state index in [-0.39, 0.29) is 11.9 Å². The lowest BCUT2D eigenvalue weighted by atomic mass is 10.0. The molecular weight excluding hydrogens is 416 g/mol. The van der Waals surface area contributed by atoms with Gasteiger partial charge >= 0.3 is 0 Å². The van der Waals surface area contributed by atoms with Crippen LogP contribution in [0, 0.1) is 0 Å². The zero-order valence-electron chi connectivity index (χ0n) is 16.6. The van der Waals surface area contributed by atoms with Crippen molar-refractivity contribution in [3.63, 3.8) is 0 Å². The third kappa shape index (κ3) is 4.06. The first-order chi connectivity index (χ1) is 15.2. The Hall–Kier alpha value is -3.52. The molecule has 0 spiro atoms. The highest BCUT2D eigenvalue weighted by Crippen LogP contribution is 2.26. The number of carbonyl (C=O) groups excluding carboxylic acids is 1. The molecule has 2 aromatic heterocycles. The predicted molar refractivity (Wildman–Crippen MR) is 114 cm³/mol. The third-order valence-electron chi connectivity index (χ3n) is 5.40. The second kappa shape index (κ2) is 8.31. The lowest BCUT2D eigenvalue weighted by Gasteiger charge is -2.31. The molecule has 1 saturated heterocycles. The minimum Gasteiger partial charge on any atom is -0.338 e. The molecule has 0 atom stereocenters. The fourth-order valence-corrected chi connectivity index (χ4v) is 3.82. The summed E-state index contributed by atoms with van der Waals surface area (Å²) in [5.74, 6) is 0.869. The highest BCUT2D eigenvalue weighted by Gasteiger charge is 2.26. The molecule has 156 valence electrons. The number of hydrogen-bond donors (Lipinski definition) is 0. The number of aromatic nitrogens is 5. The minimum absolute atomic E-state index is 0.0219. The number of likely N-dealkylation sites (tertiary alicyclic amines) is 1. The van der Waals surface area contributed by atoms with Crippen LogP contribution in [0.3, 0.4) is 0 Å². The number of benzene rings is 2. The third-order valence-corrected chi connectivity index (χ3v) is 5.66. The number of rotatable bonds is 4. The van der Waals surface area contributed by atoms with Gasteiger partial charge in [-0.05, 0) is 37.1 Å². The summed E-state index contributed by atoms with van der Waals surface area (Å²) in [6.07, 6.45) is 3.41. The second-order valence-corrected chi connectivity index (χ2v) is 7.84. The first-order valence-electron chi connectivity index (χ1n) is 10.0. The maximum Gasteiger partial charge on any atom is 0.280 e. The van der Waals surface area contributed by atoms with E-state index in [2.05, 4.69) is 20.5 Å². The van der Waals surface area contributed by atoms with Crippen molar-refractivity contribution < 1.29 is 9.32 Å². The second-order valence-electron chi connectivity index (χ2n) is 7.40. The Kier molecular flexibility index (Phi) is 5.21. The molecule has 1 aliphatic rings. The van der Waals surface area contributed by atoms with Crippen molar-refractivity contribution in [2.45, 2.75) is 18.9 Å². The topological polar surface area (TPSA) is 89.9 Å². The van der Waals surface area contributed by atoms with E-state index in [0.717, 1.165) is 18.4 Å². The van der Waals surface area contributed by atoms with Crippen molar-refractivity contribution in [3.8, 4) is 23.0 Å². The molecule has 31 heavy (non-hydrogen) atoms. The van der Waals surface area contributed by atoms with E-state index >= 15 is 0 Å². The SMILES string of the molecule is O=C(c1ccc(Cl)cc1)N1CCC(n2cc(-c3nc(-c4ccccc4)no3)nn2)CC1. The molecule has 1 fully saturated rings. The van der Waals surface area contributed by atoms with Crippen molar-refractivity contribution in [1.29, 1.82) is 0 Å². The molecule has 0 aliphatic carbocycles. The molecule has 4 aromatic rings. The van der Waals surface area contributed by atoms with E-state index in [1.54, 1.807) is 24.3 Å². The standard InChI is InChI=1S/C22H19ClN6O2/c23-17-8-6-16(7-9-17)22(30)28-12-10-18(11-13-28)29-14-19(25-27-29)21-24-20(26-31-21)15-4-2-1-3-5-15/h1-9,14,18H,10-13H2. The zero-order chi connectivity index (χ0) is 21.2. The number of hydrogen-bond acceptors (Lipinski definition) is 6. The summed E-state index contributed by atoms with van der Waals surface area (Å²) in [7, 11) is 0. The van der Waals surface area contributed by atoms with Gasteiger partial charge in [0.1, 0.15) is 0 Å². The summed E-state index contributed by atoms with van der Waals surface area (Å²) in [5.41, 5.74) is 2.06. The van der Waals surface area contributed by atoms with Crippen LogP contribution in [0.15, 0.2) is 65.3 Å². The Morgan fingerprint density at radius 3 is 2.52 bits per heavy atom. The van der Waals surface area contributed by atoms with E-state index in [4.69, 9.17) is 16.1 Å². The van der Waals surface area contributed by atoms with E-state index in [9.17, 15) is 4.79 Å². The van der Waals surface area contributed by atoms with E-state index in [1.165, 1.54) is 0 Å².